The summed E-state index contributed by atoms with van der Waals surface area (Å²) in [7, 11) is -1.57. The van der Waals surface area contributed by atoms with E-state index in [1.165, 1.54) is 22.5 Å². The van der Waals surface area contributed by atoms with Crippen LogP contribution in [0, 0.1) is 0 Å². The van der Waals surface area contributed by atoms with Crippen LogP contribution in [0.15, 0.2) is 30.3 Å². The van der Waals surface area contributed by atoms with Gasteiger partial charge >= 0.3 is 0 Å². The standard InChI is InChI=1S/C21H32N4O3S/c1-22-20(26)13-21(14-25(15-21)29(2,27)28)24-10-8-17(9-11-24)23-19-12-18(19)16-6-4-3-5-7-16/h3-7,17-19,23H,8-15H2,1-2H3,(H,22,26)/t18-,19+/m0/s1. The number of amides is 1. The molecule has 3 fully saturated rings. The number of hydrogen-bond acceptors (Lipinski definition) is 5. The molecule has 1 aromatic rings. The van der Waals surface area contributed by atoms with Gasteiger partial charge in [-0.2, -0.15) is 4.31 Å². The summed E-state index contributed by atoms with van der Waals surface area (Å²) in [4.78, 5) is 14.4. The molecule has 1 saturated carbocycles. The minimum absolute atomic E-state index is 0.0258. The number of rotatable bonds is 7. The molecule has 2 heterocycles. The van der Waals surface area contributed by atoms with Crippen LogP contribution in [-0.2, 0) is 14.8 Å². The Bertz CT molecular complexity index is 831. The number of piperidine rings is 1. The molecule has 0 aromatic heterocycles. The molecule has 0 radical (unpaired) electrons. The largest absolute Gasteiger partial charge is 0.359 e. The number of carbonyl (C=O) groups excluding carboxylic acids is 1. The highest BCUT2D eigenvalue weighted by Crippen LogP contribution is 2.42. The van der Waals surface area contributed by atoms with Crippen molar-refractivity contribution in [2.75, 3.05) is 39.5 Å². The molecule has 4 rings (SSSR count). The average molecular weight is 421 g/mol. The Morgan fingerprint density at radius 3 is 2.41 bits per heavy atom. The SMILES string of the molecule is CNC(=O)CC1(N2CCC(N[C@@H]3C[C@H]3c3ccccc3)CC2)CN(S(C)(=O)=O)C1. The lowest BCUT2D eigenvalue weighted by Gasteiger charge is -2.56. The number of hydrogen-bond donors (Lipinski definition) is 2. The molecule has 1 amide bonds. The van der Waals surface area contributed by atoms with Crippen LogP contribution in [0.2, 0.25) is 0 Å². The molecule has 1 aliphatic carbocycles. The third kappa shape index (κ3) is 4.50. The maximum Gasteiger partial charge on any atom is 0.221 e. The third-order valence-electron chi connectivity index (χ3n) is 6.81. The molecule has 2 atom stereocenters. The van der Waals surface area contributed by atoms with Crippen molar-refractivity contribution in [1.82, 2.24) is 19.8 Å². The molecule has 29 heavy (non-hydrogen) atoms. The summed E-state index contributed by atoms with van der Waals surface area (Å²) in [6.07, 6.45) is 4.87. The van der Waals surface area contributed by atoms with E-state index in [-0.39, 0.29) is 11.4 Å². The number of nitrogens with one attached hydrogen (secondary N) is 2. The summed E-state index contributed by atoms with van der Waals surface area (Å²) in [5, 5.41) is 6.52. The van der Waals surface area contributed by atoms with Gasteiger partial charge < -0.3 is 10.6 Å². The molecule has 7 nitrogen and oxygen atoms in total. The molecule has 0 spiro atoms. The molecule has 0 unspecified atom stereocenters. The Balaban J connectivity index is 1.31. The van der Waals surface area contributed by atoms with Crippen molar-refractivity contribution >= 4 is 15.9 Å². The molecule has 8 heteroatoms. The number of carbonyl (C=O) groups is 1. The van der Waals surface area contributed by atoms with Crippen LogP contribution in [-0.4, -0.2) is 80.6 Å². The highest BCUT2D eigenvalue weighted by atomic mass is 32.2. The Labute approximate surface area is 173 Å². The van der Waals surface area contributed by atoms with Crippen molar-refractivity contribution in [2.24, 2.45) is 0 Å². The summed E-state index contributed by atoms with van der Waals surface area (Å²) in [6, 6.07) is 11.8. The normalized spacial score (nSPS) is 27.9. The van der Waals surface area contributed by atoms with Crippen molar-refractivity contribution in [3.63, 3.8) is 0 Å². The molecule has 2 N–H and O–H groups in total. The first-order chi connectivity index (χ1) is 13.8. The van der Waals surface area contributed by atoms with E-state index >= 15 is 0 Å². The maximum atomic E-state index is 12.1. The fraction of sp³-hybridized carbons (Fsp3) is 0.667. The van der Waals surface area contributed by atoms with Crippen LogP contribution in [0.3, 0.4) is 0 Å². The molecular weight excluding hydrogens is 388 g/mol. The maximum absolute atomic E-state index is 12.1. The Hall–Kier alpha value is -1.48. The highest BCUT2D eigenvalue weighted by Gasteiger charge is 2.52. The molecular formula is C21H32N4O3S. The molecule has 3 aliphatic rings. The minimum Gasteiger partial charge on any atom is -0.359 e. The van der Waals surface area contributed by atoms with Crippen molar-refractivity contribution in [1.29, 1.82) is 0 Å². The summed E-state index contributed by atoms with van der Waals surface area (Å²) in [5.74, 6) is 0.603. The van der Waals surface area contributed by atoms with E-state index in [0.29, 0.717) is 37.5 Å². The number of likely N-dealkylation sites (tertiary alicyclic amines) is 1. The second-order valence-electron chi connectivity index (χ2n) is 8.89. The van der Waals surface area contributed by atoms with Gasteiger partial charge in [0, 0.05) is 57.6 Å². The van der Waals surface area contributed by atoms with E-state index in [0.717, 1.165) is 25.9 Å². The summed E-state index contributed by atoms with van der Waals surface area (Å²) >= 11 is 0. The smallest absolute Gasteiger partial charge is 0.221 e. The van der Waals surface area contributed by atoms with Crippen molar-refractivity contribution in [3.8, 4) is 0 Å². The van der Waals surface area contributed by atoms with Gasteiger partial charge in [0.2, 0.25) is 15.9 Å². The lowest BCUT2D eigenvalue weighted by molar-refractivity contribution is -0.127. The van der Waals surface area contributed by atoms with E-state index in [9.17, 15) is 13.2 Å². The molecule has 1 aromatic carbocycles. The lowest BCUT2D eigenvalue weighted by atomic mass is 9.84. The van der Waals surface area contributed by atoms with Gasteiger partial charge in [0.05, 0.1) is 11.8 Å². The van der Waals surface area contributed by atoms with Gasteiger partial charge in [-0.05, 0) is 24.8 Å². The van der Waals surface area contributed by atoms with E-state index < -0.39 is 10.0 Å². The zero-order valence-electron chi connectivity index (χ0n) is 17.3. The van der Waals surface area contributed by atoms with Gasteiger partial charge in [-0.25, -0.2) is 8.42 Å². The second kappa shape index (κ2) is 7.98. The summed E-state index contributed by atoms with van der Waals surface area (Å²) in [5.41, 5.74) is 1.06. The fourth-order valence-electron chi connectivity index (χ4n) is 4.93. The van der Waals surface area contributed by atoms with Gasteiger partial charge in [-0.3, -0.25) is 9.69 Å². The monoisotopic (exact) mass is 420 g/mol. The van der Waals surface area contributed by atoms with E-state index in [1.54, 1.807) is 7.05 Å². The molecule has 0 bridgehead atoms. The van der Waals surface area contributed by atoms with E-state index in [2.05, 4.69) is 45.9 Å². The van der Waals surface area contributed by atoms with Crippen LogP contribution in [0.1, 0.15) is 37.2 Å². The van der Waals surface area contributed by atoms with Crippen LogP contribution in [0.4, 0.5) is 0 Å². The zero-order chi connectivity index (χ0) is 20.6. The van der Waals surface area contributed by atoms with Gasteiger partial charge in [0.25, 0.3) is 0 Å². The summed E-state index contributed by atoms with van der Waals surface area (Å²) < 4.78 is 25.2. The highest BCUT2D eigenvalue weighted by molar-refractivity contribution is 7.88. The number of sulfonamides is 1. The Morgan fingerprint density at radius 1 is 1.17 bits per heavy atom. The first-order valence-electron chi connectivity index (χ1n) is 10.5. The fourth-order valence-corrected chi connectivity index (χ4v) is 5.88. The molecule has 2 saturated heterocycles. The van der Waals surface area contributed by atoms with E-state index in [1.807, 2.05) is 0 Å². The quantitative estimate of drug-likeness (QED) is 0.680. The minimum atomic E-state index is -3.21. The van der Waals surface area contributed by atoms with Gasteiger partial charge in [-0.15, -0.1) is 0 Å². The predicted molar refractivity (Wildman–Crippen MR) is 113 cm³/mol. The Morgan fingerprint density at radius 2 is 1.83 bits per heavy atom. The molecule has 160 valence electrons. The third-order valence-corrected chi connectivity index (χ3v) is 8.01. The summed E-state index contributed by atoms with van der Waals surface area (Å²) in [6.45, 7) is 2.62. The van der Waals surface area contributed by atoms with Crippen LogP contribution < -0.4 is 10.6 Å². The van der Waals surface area contributed by atoms with Crippen molar-refractivity contribution in [2.45, 2.75) is 49.2 Å². The second-order valence-corrected chi connectivity index (χ2v) is 10.9. The predicted octanol–water partition coefficient (Wildman–Crippen LogP) is 0.747. The van der Waals surface area contributed by atoms with Crippen LogP contribution in [0.25, 0.3) is 0 Å². The van der Waals surface area contributed by atoms with Crippen molar-refractivity contribution < 1.29 is 13.2 Å². The van der Waals surface area contributed by atoms with Gasteiger partial charge in [0.15, 0.2) is 0 Å². The topological polar surface area (TPSA) is 81.8 Å². The van der Waals surface area contributed by atoms with Gasteiger partial charge in [0.1, 0.15) is 0 Å². The zero-order valence-corrected chi connectivity index (χ0v) is 18.1. The first-order valence-corrected chi connectivity index (χ1v) is 12.4. The first kappa shape index (κ1) is 20.8. The number of nitrogens with zero attached hydrogens (tertiary/aromatic N) is 2. The van der Waals surface area contributed by atoms with E-state index in [4.69, 9.17) is 0 Å². The number of benzene rings is 1. The van der Waals surface area contributed by atoms with Crippen LogP contribution >= 0.6 is 0 Å². The Kier molecular flexibility index (Phi) is 5.72. The molecule has 2 aliphatic heterocycles. The lowest BCUT2D eigenvalue weighted by Crippen LogP contribution is -2.73. The van der Waals surface area contributed by atoms with Crippen molar-refractivity contribution in [3.05, 3.63) is 35.9 Å². The van der Waals surface area contributed by atoms with Gasteiger partial charge in [-0.1, -0.05) is 30.3 Å². The average Bonchev–Trinajstić information content (AvgIpc) is 3.44. The van der Waals surface area contributed by atoms with Crippen LogP contribution in [0.5, 0.6) is 0 Å².